The maximum Gasteiger partial charge on any atom is 0.411 e. The Balaban J connectivity index is 1.82. The maximum absolute atomic E-state index is 12.0. The van der Waals surface area contributed by atoms with Gasteiger partial charge < -0.3 is 19.5 Å². The molecule has 0 aliphatic rings. The third kappa shape index (κ3) is 7.20. The lowest BCUT2D eigenvalue weighted by molar-refractivity contribution is -0.176. The topological polar surface area (TPSA) is 90.9 Å². The summed E-state index contributed by atoms with van der Waals surface area (Å²) in [6, 6.07) is 7.04. The fourth-order valence-electron chi connectivity index (χ4n) is 2.08. The van der Waals surface area contributed by atoms with Gasteiger partial charge in [0.15, 0.2) is 6.61 Å². The lowest BCUT2D eigenvalue weighted by Crippen LogP contribution is -2.21. The van der Waals surface area contributed by atoms with Crippen molar-refractivity contribution in [3.63, 3.8) is 0 Å². The van der Waals surface area contributed by atoms with Crippen LogP contribution in [0.2, 0.25) is 0 Å². The molecule has 2 rings (SSSR count). The molecular weight excluding hydrogens is 415 g/mol. The zero-order valence-electron chi connectivity index (χ0n) is 15.1. The third-order valence-corrected chi connectivity index (χ3v) is 4.26. The van der Waals surface area contributed by atoms with E-state index in [0.29, 0.717) is 5.56 Å². The minimum Gasteiger partial charge on any atom is -0.465 e. The molecule has 1 aromatic heterocycles. The van der Waals surface area contributed by atoms with Crippen LogP contribution in [0.4, 0.5) is 18.9 Å². The summed E-state index contributed by atoms with van der Waals surface area (Å²) < 4.78 is 50.1. The van der Waals surface area contributed by atoms with Crippen LogP contribution in [0.5, 0.6) is 0 Å². The van der Waals surface area contributed by atoms with E-state index < -0.39 is 37.2 Å². The molecule has 0 saturated heterocycles. The Morgan fingerprint density at radius 3 is 2.38 bits per heavy atom. The average Bonchev–Trinajstić information content (AvgIpc) is 3.13. The minimum atomic E-state index is -4.41. The zero-order chi connectivity index (χ0) is 21.4. The first-order valence-corrected chi connectivity index (χ1v) is 8.94. The standard InChI is InChI=1S/C18H16F3NO6S/c1-26-17(25)15-13(6-7-29-15)22-14(23)9-28-16(24)12-4-2-11(3-5-12)8-27-10-18(19,20)21/h2-7H,8-10H2,1H3,(H,22,23). The van der Waals surface area contributed by atoms with Gasteiger partial charge >= 0.3 is 18.1 Å². The van der Waals surface area contributed by atoms with Gasteiger partial charge in [0, 0.05) is 0 Å². The largest absolute Gasteiger partial charge is 0.465 e. The summed E-state index contributed by atoms with van der Waals surface area (Å²) >= 11 is 1.08. The molecule has 156 valence electrons. The Kier molecular flexibility index (Phi) is 7.74. The Hall–Kier alpha value is -2.92. The summed E-state index contributed by atoms with van der Waals surface area (Å²) in [5, 5.41) is 4.03. The van der Waals surface area contributed by atoms with Gasteiger partial charge in [0.1, 0.15) is 11.5 Å². The Morgan fingerprint density at radius 2 is 1.76 bits per heavy atom. The number of hydrogen-bond acceptors (Lipinski definition) is 7. The molecule has 0 aliphatic carbocycles. The molecule has 0 saturated carbocycles. The molecule has 0 aliphatic heterocycles. The Labute approximate surface area is 167 Å². The zero-order valence-corrected chi connectivity index (χ0v) is 15.9. The second-order valence-electron chi connectivity index (χ2n) is 5.58. The first-order valence-electron chi connectivity index (χ1n) is 8.06. The number of carbonyl (C=O) groups excluding carboxylic acids is 3. The first kappa shape index (κ1) is 22.4. The van der Waals surface area contributed by atoms with Crippen LogP contribution in [-0.4, -0.2) is 44.3 Å². The predicted molar refractivity (Wildman–Crippen MR) is 96.7 cm³/mol. The van der Waals surface area contributed by atoms with Crippen LogP contribution >= 0.6 is 11.3 Å². The molecule has 0 unspecified atom stereocenters. The number of ether oxygens (including phenoxy) is 3. The van der Waals surface area contributed by atoms with E-state index in [1.165, 1.54) is 37.4 Å². The van der Waals surface area contributed by atoms with E-state index in [-0.39, 0.29) is 22.7 Å². The molecule has 1 N–H and O–H groups in total. The predicted octanol–water partition coefficient (Wildman–Crippen LogP) is 3.41. The number of benzene rings is 1. The number of amides is 1. The number of halogens is 3. The van der Waals surface area contributed by atoms with E-state index in [1.807, 2.05) is 0 Å². The van der Waals surface area contributed by atoms with Gasteiger partial charge in [0.2, 0.25) is 0 Å². The highest BCUT2D eigenvalue weighted by molar-refractivity contribution is 7.12. The van der Waals surface area contributed by atoms with E-state index in [9.17, 15) is 27.6 Å². The van der Waals surface area contributed by atoms with Gasteiger partial charge in [0.05, 0.1) is 25.0 Å². The van der Waals surface area contributed by atoms with E-state index in [0.717, 1.165) is 11.3 Å². The van der Waals surface area contributed by atoms with E-state index in [1.54, 1.807) is 5.38 Å². The molecule has 1 amide bonds. The second kappa shape index (κ2) is 10.0. The lowest BCUT2D eigenvalue weighted by atomic mass is 10.1. The fraction of sp³-hybridized carbons (Fsp3) is 0.278. The first-order chi connectivity index (χ1) is 13.7. The van der Waals surface area contributed by atoms with Crippen molar-refractivity contribution >= 4 is 34.9 Å². The quantitative estimate of drug-likeness (QED) is 0.645. The minimum absolute atomic E-state index is 0.114. The summed E-state index contributed by atoms with van der Waals surface area (Å²) in [6.07, 6.45) is -4.41. The molecule has 29 heavy (non-hydrogen) atoms. The van der Waals surface area contributed by atoms with E-state index in [4.69, 9.17) is 4.74 Å². The average molecular weight is 431 g/mol. The van der Waals surface area contributed by atoms with Gasteiger partial charge in [-0.1, -0.05) is 12.1 Å². The molecule has 0 radical (unpaired) electrons. The number of carbonyl (C=O) groups is 3. The van der Waals surface area contributed by atoms with Crippen molar-refractivity contribution in [2.45, 2.75) is 12.8 Å². The van der Waals surface area contributed by atoms with E-state index >= 15 is 0 Å². The highest BCUT2D eigenvalue weighted by Gasteiger charge is 2.27. The molecule has 1 heterocycles. The van der Waals surface area contributed by atoms with Crippen molar-refractivity contribution in [3.05, 3.63) is 51.7 Å². The summed E-state index contributed by atoms with van der Waals surface area (Å²) in [5.74, 6) is -2.05. The van der Waals surface area contributed by atoms with Crippen LogP contribution in [0.3, 0.4) is 0 Å². The maximum atomic E-state index is 12.0. The molecular formula is C18H16F3NO6S. The summed E-state index contributed by atoms with van der Waals surface area (Å²) in [6.45, 7) is -2.22. The van der Waals surface area contributed by atoms with Crippen LogP contribution in [-0.2, 0) is 25.6 Å². The highest BCUT2D eigenvalue weighted by Crippen LogP contribution is 2.23. The lowest BCUT2D eigenvalue weighted by Gasteiger charge is -2.09. The van der Waals surface area contributed by atoms with Crippen molar-refractivity contribution < 1.29 is 41.8 Å². The van der Waals surface area contributed by atoms with Crippen LogP contribution in [0.15, 0.2) is 35.7 Å². The molecule has 0 bridgehead atoms. The molecule has 11 heteroatoms. The number of rotatable bonds is 8. The summed E-state index contributed by atoms with van der Waals surface area (Å²) in [4.78, 5) is 35.7. The third-order valence-electron chi connectivity index (χ3n) is 3.37. The van der Waals surface area contributed by atoms with Gasteiger partial charge in [-0.2, -0.15) is 13.2 Å². The van der Waals surface area contributed by atoms with Crippen LogP contribution < -0.4 is 5.32 Å². The number of thiophene rings is 1. The molecule has 2 aromatic rings. The second-order valence-corrected chi connectivity index (χ2v) is 6.50. The van der Waals surface area contributed by atoms with Crippen molar-refractivity contribution in [2.24, 2.45) is 0 Å². The summed E-state index contributed by atoms with van der Waals surface area (Å²) in [5.41, 5.74) is 0.797. The van der Waals surface area contributed by atoms with Crippen molar-refractivity contribution in [2.75, 3.05) is 25.6 Å². The Bertz CT molecular complexity index is 863. The van der Waals surface area contributed by atoms with Gasteiger partial charge in [0.25, 0.3) is 5.91 Å². The number of alkyl halides is 3. The molecule has 0 fully saturated rings. The molecule has 7 nitrogen and oxygen atoms in total. The Morgan fingerprint density at radius 1 is 1.07 bits per heavy atom. The fourth-order valence-corrected chi connectivity index (χ4v) is 2.85. The SMILES string of the molecule is COC(=O)c1sccc1NC(=O)COC(=O)c1ccc(COCC(F)(F)F)cc1. The van der Waals surface area contributed by atoms with Crippen molar-refractivity contribution in [1.82, 2.24) is 0 Å². The van der Waals surface area contributed by atoms with Gasteiger partial charge in [-0.15, -0.1) is 11.3 Å². The number of methoxy groups -OCH3 is 1. The molecule has 0 spiro atoms. The highest BCUT2D eigenvalue weighted by atomic mass is 32.1. The molecule has 1 aromatic carbocycles. The number of anilines is 1. The van der Waals surface area contributed by atoms with Crippen molar-refractivity contribution in [1.29, 1.82) is 0 Å². The van der Waals surface area contributed by atoms with E-state index in [2.05, 4.69) is 14.8 Å². The number of esters is 2. The monoisotopic (exact) mass is 431 g/mol. The summed E-state index contributed by atoms with van der Waals surface area (Å²) in [7, 11) is 1.21. The van der Waals surface area contributed by atoms with Crippen LogP contribution in [0, 0.1) is 0 Å². The van der Waals surface area contributed by atoms with Gasteiger partial charge in [-0.3, -0.25) is 4.79 Å². The van der Waals surface area contributed by atoms with Gasteiger partial charge in [-0.05, 0) is 29.1 Å². The van der Waals surface area contributed by atoms with Gasteiger partial charge in [-0.25, -0.2) is 9.59 Å². The van der Waals surface area contributed by atoms with Crippen LogP contribution in [0.25, 0.3) is 0 Å². The number of nitrogens with one attached hydrogen (secondary N) is 1. The normalized spacial score (nSPS) is 11.0. The van der Waals surface area contributed by atoms with Crippen LogP contribution in [0.1, 0.15) is 25.6 Å². The number of hydrogen-bond donors (Lipinski definition) is 1. The molecule has 0 atom stereocenters. The van der Waals surface area contributed by atoms with Crippen molar-refractivity contribution in [3.8, 4) is 0 Å². The smallest absolute Gasteiger partial charge is 0.411 e.